The molecule has 0 saturated carbocycles. The summed E-state index contributed by atoms with van der Waals surface area (Å²) in [6.45, 7) is 5.95. The SMILES string of the molecule is CCCOc1cn(-c2ccccc2)nc1C(=O)N1CC(CN)CC1C. The summed E-state index contributed by atoms with van der Waals surface area (Å²) in [6, 6.07) is 9.91. The molecule has 1 saturated heterocycles. The number of ether oxygens (including phenoxy) is 1. The molecule has 1 aliphatic heterocycles. The van der Waals surface area contributed by atoms with E-state index < -0.39 is 0 Å². The van der Waals surface area contributed by atoms with Crippen LogP contribution >= 0.6 is 0 Å². The van der Waals surface area contributed by atoms with Crippen molar-refractivity contribution in [2.24, 2.45) is 11.7 Å². The van der Waals surface area contributed by atoms with Gasteiger partial charge in [-0.25, -0.2) is 4.68 Å². The maximum absolute atomic E-state index is 13.1. The lowest BCUT2D eigenvalue weighted by Gasteiger charge is -2.20. The van der Waals surface area contributed by atoms with E-state index in [-0.39, 0.29) is 11.9 Å². The second-order valence-electron chi connectivity index (χ2n) is 6.61. The van der Waals surface area contributed by atoms with Crippen molar-refractivity contribution in [2.75, 3.05) is 19.7 Å². The standard InChI is InChI=1S/C19H26N4O2/c1-3-9-25-17-13-23(16-7-5-4-6-8-16)21-18(17)19(24)22-12-15(11-20)10-14(22)2/h4-8,13-15H,3,9-12,20H2,1-2H3. The molecule has 0 bridgehead atoms. The molecule has 2 N–H and O–H groups in total. The topological polar surface area (TPSA) is 73.4 Å². The van der Waals surface area contributed by atoms with Crippen LogP contribution in [-0.4, -0.2) is 46.3 Å². The molecule has 1 aromatic heterocycles. The lowest BCUT2D eigenvalue weighted by molar-refractivity contribution is 0.0732. The summed E-state index contributed by atoms with van der Waals surface area (Å²) < 4.78 is 7.51. The Kier molecular flexibility index (Phi) is 5.38. The Morgan fingerprint density at radius 2 is 2.12 bits per heavy atom. The van der Waals surface area contributed by atoms with Gasteiger partial charge in [-0.15, -0.1) is 0 Å². The molecule has 6 heteroatoms. The third kappa shape index (κ3) is 3.69. The Morgan fingerprint density at radius 3 is 2.76 bits per heavy atom. The van der Waals surface area contributed by atoms with Crippen molar-refractivity contribution >= 4 is 5.91 Å². The van der Waals surface area contributed by atoms with Crippen molar-refractivity contribution in [2.45, 2.75) is 32.7 Å². The van der Waals surface area contributed by atoms with Crippen LogP contribution in [0.25, 0.3) is 5.69 Å². The highest BCUT2D eigenvalue weighted by atomic mass is 16.5. The molecule has 6 nitrogen and oxygen atoms in total. The Labute approximate surface area is 148 Å². The Hall–Kier alpha value is -2.34. The highest BCUT2D eigenvalue weighted by Crippen LogP contribution is 2.28. The van der Waals surface area contributed by atoms with Crippen molar-refractivity contribution in [3.8, 4) is 11.4 Å². The lowest BCUT2D eigenvalue weighted by atomic mass is 10.1. The average Bonchev–Trinajstić information content (AvgIpc) is 3.23. The molecule has 1 aromatic carbocycles. The highest BCUT2D eigenvalue weighted by molar-refractivity contribution is 5.95. The smallest absolute Gasteiger partial charge is 0.278 e. The molecular weight excluding hydrogens is 316 g/mol. The number of amides is 1. The first kappa shape index (κ1) is 17.5. The summed E-state index contributed by atoms with van der Waals surface area (Å²) in [5.74, 6) is 0.818. The molecule has 2 heterocycles. The zero-order valence-corrected chi connectivity index (χ0v) is 14.9. The van der Waals surface area contributed by atoms with Crippen LogP contribution in [0.5, 0.6) is 5.75 Å². The van der Waals surface area contributed by atoms with E-state index in [1.807, 2.05) is 42.2 Å². The van der Waals surface area contributed by atoms with E-state index in [2.05, 4.69) is 12.0 Å². The van der Waals surface area contributed by atoms with Crippen molar-refractivity contribution in [3.05, 3.63) is 42.2 Å². The lowest BCUT2D eigenvalue weighted by Crippen LogP contribution is -2.35. The normalized spacial score (nSPS) is 20.0. The molecule has 2 atom stereocenters. The van der Waals surface area contributed by atoms with Gasteiger partial charge in [0, 0.05) is 12.6 Å². The Balaban J connectivity index is 1.91. The van der Waals surface area contributed by atoms with Crippen LogP contribution in [0.1, 0.15) is 37.2 Å². The van der Waals surface area contributed by atoms with Crippen LogP contribution in [0.2, 0.25) is 0 Å². The van der Waals surface area contributed by atoms with E-state index in [0.717, 1.165) is 18.5 Å². The number of carbonyl (C=O) groups is 1. The molecule has 2 aromatic rings. The Bertz CT molecular complexity index is 713. The van der Waals surface area contributed by atoms with E-state index in [4.69, 9.17) is 10.5 Å². The number of aromatic nitrogens is 2. The molecule has 134 valence electrons. The second kappa shape index (κ2) is 7.70. The minimum absolute atomic E-state index is 0.0794. The second-order valence-corrected chi connectivity index (χ2v) is 6.61. The molecular formula is C19H26N4O2. The number of para-hydroxylation sites is 1. The Morgan fingerprint density at radius 1 is 1.36 bits per heavy atom. The number of benzene rings is 1. The van der Waals surface area contributed by atoms with Crippen molar-refractivity contribution in [1.82, 2.24) is 14.7 Å². The zero-order valence-electron chi connectivity index (χ0n) is 14.9. The van der Waals surface area contributed by atoms with Crippen LogP contribution in [0.3, 0.4) is 0 Å². The van der Waals surface area contributed by atoms with Crippen LogP contribution in [0, 0.1) is 5.92 Å². The van der Waals surface area contributed by atoms with Crippen molar-refractivity contribution < 1.29 is 9.53 Å². The summed E-state index contributed by atoms with van der Waals surface area (Å²) in [5, 5.41) is 4.53. The summed E-state index contributed by atoms with van der Waals surface area (Å²) in [7, 11) is 0. The van der Waals surface area contributed by atoms with Crippen molar-refractivity contribution in [1.29, 1.82) is 0 Å². The van der Waals surface area contributed by atoms with Gasteiger partial charge in [0.15, 0.2) is 11.4 Å². The van der Waals surface area contributed by atoms with Gasteiger partial charge in [0.25, 0.3) is 5.91 Å². The molecule has 1 aliphatic rings. The number of hydrogen-bond acceptors (Lipinski definition) is 4. The van der Waals surface area contributed by atoms with E-state index in [9.17, 15) is 4.79 Å². The van der Waals surface area contributed by atoms with Crippen LogP contribution in [-0.2, 0) is 0 Å². The number of hydrogen-bond donors (Lipinski definition) is 1. The van der Waals surface area contributed by atoms with Crippen LogP contribution < -0.4 is 10.5 Å². The van der Waals surface area contributed by atoms with Gasteiger partial charge in [-0.1, -0.05) is 25.1 Å². The van der Waals surface area contributed by atoms with Crippen LogP contribution in [0.4, 0.5) is 0 Å². The molecule has 0 radical (unpaired) electrons. The van der Waals surface area contributed by atoms with Crippen molar-refractivity contribution in [3.63, 3.8) is 0 Å². The van der Waals surface area contributed by atoms with E-state index in [1.54, 1.807) is 10.9 Å². The predicted octanol–water partition coefficient (Wildman–Crippen LogP) is 2.47. The van der Waals surface area contributed by atoms with Gasteiger partial charge in [0.05, 0.1) is 18.5 Å². The number of carbonyl (C=O) groups excluding carboxylic acids is 1. The third-order valence-corrected chi connectivity index (χ3v) is 4.62. The molecule has 3 rings (SSSR count). The summed E-state index contributed by atoms with van der Waals surface area (Å²) in [6.07, 6.45) is 3.60. The van der Waals surface area contributed by atoms with Gasteiger partial charge in [0.1, 0.15) is 0 Å². The summed E-state index contributed by atoms with van der Waals surface area (Å²) >= 11 is 0. The molecule has 1 fully saturated rings. The first-order valence-corrected chi connectivity index (χ1v) is 8.93. The number of nitrogens with two attached hydrogens (primary N) is 1. The zero-order chi connectivity index (χ0) is 17.8. The summed E-state index contributed by atoms with van der Waals surface area (Å²) in [4.78, 5) is 14.9. The fourth-order valence-electron chi connectivity index (χ4n) is 3.27. The highest BCUT2D eigenvalue weighted by Gasteiger charge is 2.34. The minimum Gasteiger partial charge on any atom is -0.489 e. The van der Waals surface area contributed by atoms with Crippen LogP contribution in [0.15, 0.2) is 36.5 Å². The number of likely N-dealkylation sites (tertiary alicyclic amines) is 1. The van der Waals surface area contributed by atoms with Gasteiger partial charge in [-0.2, -0.15) is 5.10 Å². The first-order valence-electron chi connectivity index (χ1n) is 8.93. The monoisotopic (exact) mass is 342 g/mol. The molecule has 0 aliphatic carbocycles. The van der Waals surface area contributed by atoms with E-state index in [0.29, 0.717) is 37.1 Å². The number of nitrogens with zero attached hydrogens (tertiary/aromatic N) is 3. The van der Waals surface area contributed by atoms with E-state index >= 15 is 0 Å². The minimum atomic E-state index is -0.0794. The fraction of sp³-hybridized carbons (Fsp3) is 0.474. The fourth-order valence-corrected chi connectivity index (χ4v) is 3.27. The van der Waals surface area contributed by atoms with E-state index in [1.165, 1.54) is 0 Å². The van der Waals surface area contributed by atoms with Gasteiger partial charge in [-0.3, -0.25) is 4.79 Å². The predicted molar refractivity (Wildman–Crippen MR) is 97.0 cm³/mol. The third-order valence-electron chi connectivity index (χ3n) is 4.62. The maximum Gasteiger partial charge on any atom is 0.278 e. The molecule has 25 heavy (non-hydrogen) atoms. The molecule has 2 unspecified atom stereocenters. The quantitative estimate of drug-likeness (QED) is 0.875. The van der Waals surface area contributed by atoms with Gasteiger partial charge >= 0.3 is 0 Å². The summed E-state index contributed by atoms with van der Waals surface area (Å²) in [5.41, 5.74) is 7.07. The average molecular weight is 342 g/mol. The number of rotatable bonds is 6. The maximum atomic E-state index is 13.1. The first-order chi connectivity index (χ1) is 12.1. The molecule has 1 amide bonds. The van der Waals surface area contributed by atoms with Gasteiger partial charge in [0.2, 0.25) is 0 Å². The largest absolute Gasteiger partial charge is 0.489 e. The molecule has 0 spiro atoms. The van der Waals surface area contributed by atoms with Gasteiger partial charge in [-0.05, 0) is 44.4 Å². The van der Waals surface area contributed by atoms with Gasteiger partial charge < -0.3 is 15.4 Å².